The van der Waals surface area contributed by atoms with Crippen molar-refractivity contribution in [2.75, 3.05) is 31.6 Å². The number of carbonyl (C=O) groups excluding carboxylic acids is 1. The standard InChI is InChI=1S/C15H22N2O/c1-12(18)14-5-7-15(8-6-14)17(2)11-13-4-3-9-16-10-13/h5-8,13,16H,3-4,9-11H2,1-2H3. The summed E-state index contributed by atoms with van der Waals surface area (Å²) in [5.74, 6) is 0.858. The number of nitrogens with one attached hydrogen (secondary N) is 1. The van der Waals surface area contributed by atoms with E-state index in [0.29, 0.717) is 0 Å². The molecule has 1 aliphatic rings. The number of carbonyl (C=O) groups is 1. The van der Waals surface area contributed by atoms with Crippen LogP contribution < -0.4 is 10.2 Å². The van der Waals surface area contributed by atoms with Gasteiger partial charge in [-0.15, -0.1) is 0 Å². The van der Waals surface area contributed by atoms with Gasteiger partial charge in [-0.1, -0.05) is 0 Å². The van der Waals surface area contributed by atoms with E-state index in [4.69, 9.17) is 0 Å². The zero-order chi connectivity index (χ0) is 13.0. The van der Waals surface area contributed by atoms with Crippen LogP contribution in [0, 0.1) is 5.92 Å². The highest BCUT2D eigenvalue weighted by atomic mass is 16.1. The molecule has 1 atom stereocenters. The number of ketones is 1. The Morgan fingerprint density at radius 3 is 2.67 bits per heavy atom. The second-order valence-corrected chi connectivity index (χ2v) is 5.20. The van der Waals surface area contributed by atoms with E-state index in [-0.39, 0.29) is 5.78 Å². The Balaban J connectivity index is 1.95. The van der Waals surface area contributed by atoms with E-state index in [2.05, 4.69) is 17.3 Å². The van der Waals surface area contributed by atoms with Crippen LogP contribution in [0.15, 0.2) is 24.3 Å². The maximum atomic E-state index is 11.2. The second-order valence-electron chi connectivity index (χ2n) is 5.20. The molecule has 0 bridgehead atoms. The summed E-state index contributed by atoms with van der Waals surface area (Å²) >= 11 is 0. The normalized spacial score (nSPS) is 19.6. The molecule has 0 aliphatic carbocycles. The fraction of sp³-hybridized carbons (Fsp3) is 0.533. The van der Waals surface area contributed by atoms with Gasteiger partial charge in [-0.25, -0.2) is 0 Å². The first-order valence-corrected chi connectivity index (χ1v) is 6.69. The Hall–Kier alpha value is -1.35. The Morgan fingerprint density at radius 1 is 1.39 bits per heavy atom. The van der Waals surface area contributed by atoms with E-state index in [1.54, 1.807) is 6.92 Å². The van der Waals surface area contributed by atoms with Crippen molar-refractivity contribution < 1.29 is 4.79 Å². The summed E-state index contributed by atoms with van der Waals surface area (Å²) in [4.78, 5) is 13.5. The number of nitrogens with zero attached hydrogens (tertiary/aromatic N) is 1. The van der Waals surface area contributed by atoms with Crippen LogP contribution in [-0.4, -0.2) is 32.5 Å². The van der Waals surface area contributed by atoms with Crippen molar-refractivity contribution in [3.8, 4) is 0 Å². The molecule has 1 aliphatic heterocycles. The second kappa shape index (κ2) is 6.01. The van der Waals surface area contributed by atoms with E-state index < -0.39 is 0 Å². The minimum absolute atomic E-state index is 0.126. The highest BCUT2D eigenvalue weighted by molar-refractivity contribution is 5.94. The summed E-state index contributed by atoms with van der Waals surface area (Å²) in [5, 5.41) is 3.44. The third kappa shape index (κ3) is 3.33. The predicted octanol–water partition coefficient (Wildman–Crippen LogP) is 2.33. The van der Waals surface area contributed by atoms with Gasteiger partial charge in [0.05, 0.1) is 0 Å². The van der Waals surface area contributed by atoms with Gasteiger partial charge < -0.3 is 10.2 Å². The molecule has 2 rings (SSSR count). The van der Waals surface area contributed by atoms with Gasteiger partial charge in [0.2, 0.25) is 0 Å². The van der Waals surface area contributed by atoms with E-state index in [1.807, 2.05) is 24.3 Å². The Bertz CT molecular complexity index is 393. The lowest BCUT2D eigenvalue weighted by Crippen LogP contribution is -2.36. The highest BCUT2D eigenvalue weighted by Gasteiger charge is 2.15. The van der Waals surface area contributed by atoms with Crippen LogP contribution in [0.1, 0.15) is 30.1 Å². The van der Waals surface area contributed by atoms with Crippen LogP contribution in [-0.2, 0) is 0 Å². The average Bonchev–Trinajstić information content (AvgIpc) is 2.40. The fourth-order valence-electron chi connectivity index (χ4n) is 2.52. The van der Waals surface area contributed by atoms with Gasteiger partial charge in [0.1, 0.15) is 0 Å². The summed E-state index contributed by atoms with van der Waals surface area (Å²) < 4.78 is 0. The number of Topliss-reactive ketones (excluding diaryl/α,β-unsaturated/α-hetero) is 1. The van der Waals surface area contributed by atoms with Crippen LogP contribution in [0.5, 0.6) is 0 Å². The van der Waals surface area contributed by atoms with Crippen LogP contribution >= 0.6 is 0 Å². The van der Waals surface area contributed by atoms with Crippen LogP contribution in [0.4, 0.5) is 5.69 Å². The predicted molar refractivity (Wildman–Crippen MR) is 75.3 cm³/mol. The summed E-state index contributed by atoms with van der Waals surface area (Å²) in [5.41, 5.74) is 1.97. The number of hydrogen-bond donors (Lipinski definition) is 1. The SMILES string of the molecule is CC(=O)c1ccc(N(C)CC2CCCNC2)cc1. The molecule has 98 valence electrons. The van der Waals surface area contributed by atoms with E-state index in [9.17, 15) is 4.79 Å². The molecule has 1 fully saturated rings. The minimum atomic E-state index is 0.126. The molecule has 1 unspecified atom stereocenters. The number of piperidine rings is 1. The van der Waals surface area contributed by atoms with Gasteiger partial charge in [-0.3, -0.25) is 4.79 Å². The lowest BCUT2D eigenvalue weighted by molar-refractivity contribution is 0.101. The van der Waals surface area contributed by atoms with Gasteiger partial charge in [0.15, 0.2) is 5.78 Å². The van der Waals surface area contributed by atoms with Crippen molar-refractivity contribution in [3.63, 3.8) is 0 Å². The smallest absolute Gasteiger partial charge is 0.159 e. The van der Waals surface area contributed by atoms with Crippen molar-refractivity contribution in [2.24, 2.45) is 5.92 Å². The third-order valence-electron chi connectivity index (χ3n) is 3.65. The first-order chi connectivity index (χ1) is 8.66. The maximum Gasteiger partial charge on any atom is 0.159 e. The van der Waals surface area contributed by atoms with Crippen LogP contribution in [0.25, 0.3) is 0 Å². The first kappa shape index (κ1) is 13.1. The first-order valence-electron chi connectivity index (χ1n) is 6.69. The minimum Gasteiger partial charge on any atom is -0.374 e. The Kier molecular flexibility index (Phi) is 4.37. The maximum absolute atomic E-state index is 11.2. The molecular formula is C15H22N2O. The van der Waals surface area contributed by atoms with Crippen molar-refractivity contribution >= 4 is 11.5 Å². The molecule has 0 saturated carbocycles. The zero-order valence-corrected chi connectivity index (χ0v) is 11.3. The number of benzene rings is 1. The summed E-state index contributed by atoms with van der Waals surface area (Å²) in [6.45, 7) is 4.96. The Labute approximate surface area is 109 Å². The molecule has 3 heteroatoms. The average molecular weight is 246 g/mol. The zero-order valence-electron chi connectivity index (χ0n) is 11.3. The van der Waals surface area contributed by atoms with Crippen molar-refractivity contribution in [1.29, 1.82) is 0 Å². The summed E-state index contributed by atoms with van der Waals surface area (Å²) in [7, 11) is 2.12. The molecule has 1 aromatic rings. The Morgan fingerprint density at radius 2 is 2.11 bits per heavy atom. The van der Waals surface area contributed by atoms with Gasteiger partial charge in [-0.05, 0) is 63.0 Å². The molecule has 1 saturated heterocycles. The lowest BCUT2D eigenvalue weighted by Gasteiger charge is -2.29. The summed E-state index contributed by atoms with van der Waals surface area (Å²) in [6.07, 6.45) is 2.59. The van der Waals surface area contributed by atoms with Crippen molar-refractivity contribution in [2.45, 2.75) is 19.8 Å². The largest absolute Gasteiger partial charge is 0.374 e. The third-order valence-corrected chi connectivity index (χ3v) is 3.65. The van der Waals surface area contributed by atoms with Gasteiger partial charge in [-0.2, -0.15) is 0 Å². The molecule has 0 amide bonds. The van der Waals surface area contributed by atoms with Crippen LogP contribution in [0.2, 0.25) is 0 Å². The summed E-state index contributed by atoms with van der Waals surface area (Å²) in [6, 6.07) is 7.89. The van der Waals surface area contributed by atoms with Gasteiger partial charge in [0.25, 0.3) is 0 Å². The monoisotopic (exact) mass is 246 g/mol. The van der Waals surface area contributed by atoms with Crippen molar-refractivity contribution in [3.05, 3.63) is 29.8 Å². The molecule has 3 nitrogen and oxygen atoms in total. The fourth-order valence-corrected chi connectivity index (χ4v) is 2.52. The molecular weight excluding hydrogens is 224 g/mol. The van der Waals surface area contributed by atoms with E-state index in [1.165, 1.54) is 18.5 Å². The molecule has 0 radical (unpaired) electrons. The van der Waals surface area contributed by atoms with Crippen molar-refractivity contribution in [1.82, 2.24) is 5.32 Å². The quantitative estimate of drug-likeness (QED) is 0.828. The van der Waals surface area contributed by atoms with Gasteiger partial charge in [0, 0.05) is 24.8 Å². The molecule has 1 heterocycles. The number of rotatable bonds is 4. The van der Waals surface area contributed by atoms with E-state index in [0.717, 1.165) is 31.1 Å². The molecule has 1 N–H and O–H groups in total. The molecule has 0 spiro atoms. The highest BCUT2D eigenvalue weighted by Crippen LogP contribution is 2.18. The van der Waals surface area contributed by atoms with E-state index >= 15 is 0 Å². The molecule has 18 heavy (non-hydrogen) atoms. The lowest BCUT2D eigenvalue weighted by atomic mass is 9.99. The number of hydrogen-bond acceptors (Lipinski definition) is 3. The molecule has 1 aromatic carbocycles. The topological polar surface area (TPSA) is 32.3 Å². The van der Waals surface area contributed by atoms with Gasteiger partial charge >= 0.3 is 0 Å². The molecule has 0 aromatic heterocycles. The van der Waals surface area contributed by atoms with Crippen LogP contribution in [0.3, 0.4) is 0 Å². The number of anilines is 1.